The van der Waals surface area contributed by atoms with Crippen molar-refractivity contribution >= 4 is 24.0 Å². The van der Waals surface area contributed by atoms with Gasteiger partial charge in [0.05, 0.1) is 0 Å². The molecule has 20 heavy (non-hydrogen) atoms. The predicted octanol–water partition coefficient (Wildman–Crippen LogP) is 4.30. The molecule has 102 valence electrons. The molecule has 2 aromatic rings. The van der Waals surface area contributed by atoms with Gasteiger partial charge in [-0.15, -0.1) is 0 Å². The minimum atomic E-state index is -2.89. The van der Waals surface area contributed by atoms with Crippen LogP contribution in [0.1, 0.15) is 15.9 Å². The third-order valence-corrected chi connectivity index (χ3v) is 8.32. The molecule has 0 aliphatic rings. The van der Waals surface area contributed by atoms with Crippen LogP contribution in [0.3, 0.4) is 0 Å². The van der Waals surface area contributed by atoms with Gasteiger partial charge < -0.3 is 0 Å². The quantitative estimate of drug-likeness (QED) is 0.783. The first-order valence-corrected chi connectivity index (χ1v) is 12.6. The molecule has 2 rings (SSSR count). The van der Waals surface area contributed by atoms with E-state index in [1.807, 2.05) is 60.0 Å². The van der Waals surface area contributed by atoms with E-state index in [1.165, 1.54) is 0 Å². The summed E-state index contributed by atoms with van der Waals surface area (Å²) in [5.74, 6) is 3.82. The van der Waals surface area contributed by atoms with E-state index in [2.05, 4.69) is 6.58 Å². The Morgan fingerprint density at radius 1 is 0.900 bits per heavy atom. The van der Waals surface area contributed by atoms with Gasteiger partial charge in [-0.3, -0.25) is 0 Å². The summed E-state index contributed by atoms with van der Waals surface area (Å²) in [6.07, 6.45) is 0. The maximum atomic E-state index is 12.2. The van der Waals surface area contributed by atoms with E-state index in [1.54, 1.807) is 12.1 Å². The molecule has 2 aromatic carbocycles. The van der Waals surface area contributed by atoms with Crippen LogP contribution in [0.15, 0.2) is 67.2 Å². The number of hydrogen-bond donors (Lipinski definition) is 0. The van der Waals surface area contributed by atoms with Crippen molar-refractivity contribution in [1.29, 1.82) is 0 Å². The molecule has 0 aliphatic heterocycles. The van der Waals surface area contributed by atoms with Crippen molar-refractivity contribution in [3.8, 4) is 0 Å². The van der Waals surface area contributed by atoms with Crippen molar-refractivity contribution in [2.75, 3.05) is 0 Å². The first-order chi connectivity index (χ1) is 9.50. The van der Waals surface area contributed by atoms with Crippen LogP contribution in [0.25, 0.3) is 4.41 Å². The van der Waals surface area contributed by atoms with E-state index in [-0.39, 0.29) is 5.97 Å². The fourth-order valence-corrected chi connectivity index (χ4v) is 5.20. The van der Waals surface area contributed by atoms with E-state index in [9.17, 15) is 4.79 Å². The molecule has 0 bridgehead atoms. The van der Waals surface area contributed by atoms with E-state index in [4.69, 9.17) is 3.76 Å². The van der Waals surface area contributed by atoms with Crippen molar-refractivity contribution in [3.63, 3.8) is 0 Å². The fraction of sp³-hybridized carbons (Fsp3) is 0.118. The molecular formula is C17H18GeO2. The molecule has 0 aromatic heterocycles. The summed E-state index contributed by atoms with van der Waals surface area (Å²) in [4.78, 5) is 12.2. The first-order valence-electron chi connectivity index (χ1n) is 6.54. The second-order valence-corrected chi connectivity index (χ2v) is 13.1. The van der Waals surface area contributed by atoms with Crippen LogP contribution in [0, 0.1) is 0 Å². The van der Waals surface area contributed by atoms with Gasteiger partial charge in [-0.25, -0.2) is 0 Å². The number of benzene rings is 2. The third kappa shape index (κ3) is 3.39. The molecule has 0 spiro atoms. The van der Waals surface area contributed by atoms with Crippen LogP contribution >= 0.6 is 0 Å². The summed E-state index contributed by atoms with van der Waals surface area (Å²) in [5, 5.41) is 0. The molecule has 0 radical (unpaired) electrons. The molecule has 0 N–H and O–H groups in total. The van der Waals surface area contributed by atoms with Crippen LogP contribution in [-0.4, -0.2) is 19.6 Å². The first kappa shape index (κ1) is 14.6. The van der Waals surface area contributed by atoms with Crippen LogP contribution in [0.4, 0.5) is 0 Å². The van der Waals surface area contributed by atoms with Crippen LogP contribution in [0.2, 0.25) is 11.5 Å². The molecule has 0 fully saturated rings. The molecule has 2 nitrogen and oxygen atoms in total. The zero-order valence-electron chi connectivity index (χ0n) is 11.8. The summed E-state index contributed by atoms with van der Waals surface area (Å²) in [6, 6.07) is 19.0. The predicted molar refractivity (Wildman–Crippen MR) is 84.8 cm³/mol. The molecule has 0 aliphatic carbocycles. The minimum absolute atomic E-state index is 0.257. The SMILES string of the molecule is C=[C](c1ccccc1)[Ge]([CH3])([CH3])[O]C(=O)c1ccccc1. The van der Waals surface area contributed by atoms with Gasteiger partial charge in [0.15, 0.2) is 0 Å². The zero-order valence-corrected chi connectivity index (χ0v) is 13.9. The Hall–Kier alpha value is -1.81. The Balaban J connectivity index is 2.15. The van der Waals surface area contributed by atoms with Crippen LogP contribution in [-0.2, 0) is 3.76 Å². The standard InChI is InChI=1S/C17H18GeO2/c1-14(15-10-6-4-7-11-15)18(2,3)20-17(19)16-12-8-5-9-13-16/h4-13H,1H2,2-3H3. The van der Waals surface area contributed by atoms with E-state index >= 15 is 0 Å². The van der Waals surface area contributed by atoms with Gasteiger partial charge in [0.1, 0.15) is 0 Å². The third-order valence-electron chi connectivity index (χ3n) is 3.21. The molecule has 0 atom stereocenters. The topological polar surface area (TPSA) is 26.3 Å². The molecule has 0 amide bonds. The van der Waals surface area contributed by atoms with Crippen LogP contribution < -0.4 is 0 Å². The number of carbonyl (C=O) groups is 1. The summed E-state index contributed by atoms with van der Waals surface area (Å²) >= 11 is -2.89. The normalized spacial score (nSPS) is 10.9. The summed E-state index contributed by atoms with van der Waals surface area (Å²) in [5.41, 5.74) is 1.64. The average Bonchev–Trinajstić information content (AvgIpc) is 2.48. The molecule has 0 heterocycles. The molecule has 3 heteroatoms. The van der Waals surface area contributed by atoms with Gasteiger partial charge in [0.2, 0.25) is 0 Å². The molecule has 0 saturated carbocycles. The van der Waals surface area contributed by atoms with Crippen molar-refractivity contribution in [1.82, 2.24) is 0 Å². The van der Waals surface area contributed by atoms with Gasteiger partial charge in [-0.05, 0) is 0 Å². The Morgan fingerprint density at radius 2 is 1.35 bits per heavy atom. The number of hydrogen-bond acceptors (Lipinski definition) is 2. The fourth-order valence-electron chi connectivity index (χ4n) is 1.91. The molecular weight excluding hydrogens is 309 g/mol. The van der Waals surface area contributed by atoms with E-state index < -0.39 is 13.6 Å². The average molecular weight is 327 g/mol. The molecule has 0 unspecified atom stereocenters. The van der Waals surface area contributed by atoms with Gasteiger partial charge in [-0.2, -0.15) is 0 Å². The summed E-state index contributed by atoms with van der Waals surface area (Å²) in [7, 11) is 0. The Bertz CT molecular complexity index is 603. The second-order valence-electron chi connectivity index (χ2n) is 5.11. The second kappa shape index (κ2) is 6.10. The van der Waals surface area contributed by atoms with Crippen molar-refractivity contribution in [2.45, 2.75) is 11.5 Å². The van der Waals surface area contributed by atoms with Crippen molar-refractivity contribution in [3.05, 3.63) is 78.4 Å². The Labute approximate surface area is 122 Å². The van der Waals surface area contributed by atoms with Gasteiger partial charge in [0.25, 0.3) is 0 Å². The maximum absolute atomic E-state index is 12.2. The zero-order chi connectivity index (χ0) is 14.6. The summed E-state index contributed by atoms with van der Waals surface area (Å²) < 4.78 is 6.76. The van der Waals surface area contributed by atoms with E-state index in [0.29, 0.717) is 5.56 Å². The van der Waals surface area contributed by atoms with Crippen LogP contribution in [0.5, 0.6) is 0 Å². The van der Waals surface area contributed by atoms with Gasteiger partial charge >= 0.3 is 122 Å². The molecule has 0 saturated heterocycles. The number of rotatable bonds is 4. The van der Waals surface area contributed by atoms with E-state index in [0.717, 1.165) is 9.97 Å². The Morgan fingerprint density at radius 3 is 1.85 bits per heavy atom. The monoisotopic (exact) mass is 328 g/mol. The van der Waals surface area contributed by atoms with Crippen molar-refractivity contribution < 1.29 is 8.56 Å². The Kier molecular flexibility index (Phi) is 4.45. The van der Waals surface area contributed by atoms with Crippen molar-refractivity contribution in [2.24, 2.45) is 0 Å². The van der Waals surface area contributed by atoms with Gasteiger partial charge in [0, 0.05) is 0 Å². The van der Waals surface area contributed by atoms with Gasteiger partial charge in [-0.1, -0.05) is 0 Å². The number of carbonyl (C=O) groups excluding carboxylic acids is 1. The summed E-state index contributed by atoms with van der Waals surface area (Å²) in [6.45, 7) is 4.15.